The quantitative estimate of drug-likeness (QED) is 0.899. The van der Waals surface area contributed by atoms with Crippen LogP contribution in [0.5, 0.6) is 5.88 Å². The maximum atomic E-state index is 11.4. The maximum Gasteiger partial charge on any atom is 0.237 e. The third-order valence-corrected chi connectivity index (χ3v) is 5.83. The van der Waals surface area contributed by atoms with Crippen LogP contribution in [0.3, 0.4) is 0 Å². The van der Waals surface area contributed by atoms with E-state index in [4.69, 9.17) is 4.74 Å². The van der Waals surface area contributed by atoms with Gasteiger partial charge in [-0.3, -0.25) is 4.40 Å². The first-order valence-electron chi connectivity index (χ1n) is 6.01. The summed E-state index contributed by atoms with van der Waals surface area (Å²) in [7, 11) is -1.25. The normalized spacial score (nSPS) is 22.1. The summed E-state index contributed by atoms with van der Waals surface area (Å²) in [5, 5.41) is 5.24. The first-order valence-corrected chi connectivity index (χ1v) is 8.71. The Labute approximate surface area is 115 Å². The van der Waals surface area contributed by atoms with Gasteiger partial charge in [0.2, 0.25) is 5.88 Å². The van der Waals surface area contributed by atoms with Crippen molar-refractivity contribution in [2.75, 3.05) is 18.6 Å². The molecule has 0 saturated carbocycles. The van der Waals surface area contributed by atoms with Crippen molar-refractivity contribution in [3.8, 4) is 5.88 Å². The summed E-state index contributed by atoms with van der Waals surface area (Å²) in [5.74, 6) is 1.10. The second kappa shape index (κ2) is 4.77. The van der Waals surface area contributed by atoms with Gasteiger partial charge in [-0.1, -0.05) is 0 Å². The molecule has 1 saturated heterocycles. The Kier molecular flexibility index (Phi) is 3.23. The van der Waals surface area contributed by atoms with Gasteiger partial charge in [0.1, 0.15) is 5.69 Å². The molecule has 1 aliphatic rings. The van der Waals surface area contributed by atoms with Crippen molar-refractivity contribution in [2.24, 2.45) is 0 Å². The van der Waals surface area contributed by atoms with Gasteiger partial charge >= 0.3 is 0 Å². The number of aromatic nitrogens is 2. The Hall–Kier alpha value is -1.12. The topological polar surface area (TPSA) is 72.7 Å². The lowest BCUT2D eigenvalue weighted by Crippen LogP contribution is -2.30. The van der Waals surface area contributed by atoms with Crippen molar-refractivity contribution < 1.29 is 13.2 Å². The summed E-state index contributed by atoms with van der Waals surface area (Å²) >= 11 is 1.54. The van der Waals surface area contributed by atoms with Crippen LogP contribution < -0.4 is 10.1 Å². The molecular formula is C11H15N3O3S2. The van der Waals surface area contributed by atoms with Gasteiger partial charge in [-0.05, 0) is 6.42 Å². The fraction of sp³-hybridized carbons (Fsp3) is 0.545. The third kappa shape index (κ3) is 2.47. The number of methoxy groups -OCH3 is 1. The second-order valence-electron chi connectivity index (χ2n) is 4.60. The smallest absolute Gasteiger partial charge is 0.237 e. The maximum absolute atomic E-state index is 11.4. The van der Waals surface area contributed by atoms with Crippen LogP contribution >= 0.6 is 11.3 Å². The van der Waals surface area contributed by atoms with Crippen LogP contribution in [0.4, 0.5) is 0 Å². The van der Waals surface area contributed by atoms with Crippen LogP contribution in [0, 0.1) is 0 Å². The number of hydrogen-bond donors (Lipinski definition) is 1. The third-order valence-electron chi connectivity index (χ3n) is 3.31. The zero-order chi connectivity index (χ0) is 13.5. The number of hydrogen-bond acceptors (Lipinski definition) is 6. The molecule has 19 heavy (non-hydrogen) atoms. The van der Waals surface area contributed by atoms with Crippen LogP contribution in [-0.2, 0) is 16.4 Å². The molecular weight excluding hydrogens is 286 g/mol. The SMILES string of the molecule is COc1nc2sccn2c1CNC1CCS(=O)(=O)C1. The molecule has 2 aromatic heterocycles. The predicted octanol–water partition coefficient (Wildman–Crippen LogP) is 0.681. The standard InChI is InChI=1S/C11H15N3O3S2/c1-17-10-9(14-3-4-18-11(14)13-10)6-12-8-2-5-19(15,16)7-8/h3-4,8,12H,2,5-7H2,1H3. The number of thiazole rings is 1. The predicted molar refractivity (Wildman–Crippen MR) is 73.5 cm³/mol. The highest BCUT2D eigenvalue weighted by atomic mass is 32.2. The minimum absolute atomic E-state index is 0.0268. The van der Waals surface area contributed by atoms with E-state index in [9.17, 15) is 8.42 Å². The lowest BCUT2D eigenvalue weighted by molar-refractivity contribution is 0.391. The highest BCUT2D eigenvalue weighted by molar-refractivity contribution is 7.91. The van der Waals surface area contributed by atoms with Gasteiger partial charge in [0, 0.05) is 24.2 Å². The molecule has 0 aromatic carbocycles. The summed E-state index contributed by atoms with van der Waals surface area (Å²) in [6.07, 6.45) is 2.62. The molecule has 0 spiro atoms. The molecule has 2 aromatic rings. The summed E-state index contributed by atoms with van der Waals surface area (Å²) in [5.41, 5.74) is 0.933. The van der Waals surface area contributed by atoms with E-state index in [1.54, 1.807) is 18.4 Å². The van der Waals surface area contributed by atoms with Crippen molar-refractivity contribution in [3.63, 3.8) is 0 Å². The number of rotatable bonds is 4. The van der Waals surface area contributed by atoms with Crippen molar-refractivity contribution in [1.29, 1.82) is 0 Å². The van der Waals surface area contributed by atoms with Crippen LogP contribution in [0.25, 0.3) is 4.96 Å². The molecule has 1 fully saturated rings. The minimum Gasteiger partial charge on any atom is -0.480 e. The number of fused-ring (bicyclic) bond motifs is 1. The molecule has 104 valence electrons. The number of nitrogens with one attached hydrogen (secondary N) is 1. The number of sulfone groups is 1. The summed E-state index contributed by atoms with van der Waals surface area (Å²) in [4.78, 5) is 5.25. The minimum atomic E-state index is -2.85. The zero-order valence-electron chi connectivity index (χ0n) is 10.5. The Morgan fingerprint density at radius 3 is 3.16 bits per heavy atom. The Balaban J connectivity index is 1.76. The van der Waals surface area contributed by atoms with E-state index >= 15 is 0 Å². The zero-order valence-corrected chi connectivity index (χ0v) is 12.1. The Morgan fingerprint density at radius 1 is 1.63 bits per heavy atom. The second-order valence-corrected chi connectivity index (χ2v) is 7.71. The molecule has 1 N–H and O–H groups in total. The van der Waals surface area contributed by atoms with E-state index < -0.39 is 9.84 Å². The van der Waals surface area contributed by atoms with E-state index in [2.05, 4.69) is 10.3 Å². The highest BCUT2D eigenvalue weighted by Gasteiger charge is 2.28. The molecule has 0 bridgehead atoms. The molecule has 0 amide bonds. The molecule has 0 aliphatic carbocycles. The van der Waals surface area contributed by atoms with E-state index in [-0.39, 0.29) is 17.5 Å². The molecule has 3 heterocycles. The summed E-state index contributed by atoms with van der Waals surface area (Å²) < 4.78 is 30.1. The monoisotopic (exact) mass is 301 g/mol. The van der Waals surface area contributed by atoms with Crippen LogP contribution in [0.1, 0.15) is 12.1 Å². The first kappa shape index (κ1) is 12.9. The van der Waals surface area contributed by atoms with Crippen molar-refractivity contribution in [2.45, 2.75) is 19.0 Å². The average molecular weight is 301 g/mol. The highest BCUT2D eigenvalue weighted by Crippen LogP contribution is 2.23. The molecule has 1 aliphatic heterocycles. The molecule has 0 radical (unpaired) electrons. The molecule has 1 atom stereocenters. The van der Waals surface area contributed by atoms with Gasteiger partial charge in [-0.25, -0.2) is 8.42 Å². The first-order chi connectivity index (χ1) is 9.09. The van der Waals surface area contributed by atoms with Crippen LogP contribution in [0.15, 0.2) is 11.6 Å². The van der Waals surface area contributed by atoms with Crippen LogP contribution in [0.2, 0.25) is 0 Å². The van der Waals surface area contributed by atoms with Gasteiger partial charge in [0.25, 0.3) is 0 Å². The fourth-order valence-corrected chi connectivity index (χ4v) is 4.77. The van der Waals surface area contributed by atoms with Gasteiger partial charge in [-0.2, -0.15) is 4.98 Å². The van der Waals surface area contributed by atoms with Gasteiger partial charge in [0.05, 0.1) is 18.6 Å². The number of ether oxygens (including phenoxy) is 1. The molecule has 6 nitrogen and oxygen atoms in total. The van der Waals surface area contributed by atoms with Crippen molar-refractivity contribution in [3.05, 3.63) is 17.3 Å². The largest absolute Gasteiger partial charge is 0.480 e. The fourth-order valence-electron chi connectivity index (χ4n) is 2.33. The average Bonchev–Trinajstić information content (AvgIpc) is 3.00. The van der Waals surface area contributed by atoms with Crippen molar-refractivity contribution in [1.82, 2.24) is 14.7 Å². The Bertz CT molecular complexity index is 689. The summed E-state index contributed by atoms with van der Waals surface area (Å²) in [6.45, 7) is 0.557. The molecule has 8 heteroatoms. The van der Waals surface area contributed by atoms with Crippen LogP contribution in [-0.4, -0.2) is 42.5 Å². The van der Waals surface area contributed by atoms with E-state index in [1.165, 1.54) is 0 Å². The van der Waals surface area contributed by atoms with Gasteiger partial charge < -0.3 is 10.1 Å². The van der Waals surface area contributed by atoms with E-state index in [0.29, 0.717) is 18.8 Å². The Morgan fingerprint density at radius 2 is 2.47 bits per heavy atom. The lowest BCUT2D eigenvalue weighted by atomic mass is 10.2. The lowest BCUT2D eigenvalue weighted by Gasteiger charge is -2.10. The van der Waals surface area contributed by atoms with E-state index in [0.717, 1.165) is 10.7 Å². The van der Waals surface area contributed by atoms with Gasteiger partial charge in [-0.15, -0.1) is 11.3 Å². The number of imidazole rings is 1. The van der Waals surface area contributed by atoms with Crippen molar-refractivity contribution >= 4 is 26.1 Å². The molecule has 1 unspecified atom stereocenters. The summed E-state index contributed by atoms with van der Waals surface area (Å²) in [6, 6.07) is 0.0268. The number of nitrogens with zero attached hydrogens (tertiary/aromatic N) is 2. The molecule has 3 rings (SSSR count). The van der Waals surface area contributed by atoms with Gasteiger partial charge in [0.15, 0.2) is 14.8 Å². The van der Waals surface area contributed by atoms with E-state index in [1.807, 2.05) is 16.0 Å².